The zero-order chi connectivity index (χ0) is 32.5. The molecule has 0 radical (unpaired) electrons. The van der Waals surface area contributed by atoms with E-state index in [1.54, 1.807) is 0 Å². The number of likely N-dealkylation sites (tertiary alicyclic amines) is 1. The van der Waals surface area contributed by atoms with Crippen molar-refractivity contribution in [2.75, 3.05) is 58.9 Å². The van der Waals surface area contributed by atoms with Crippen LogP contribution >= 0.6 is 0 Å². The number of halogens is 2. The number of piperidine rings is 1. The fourth-order valence-corrected chi connectivity index (χ4v) is 5.65. The molecule has 45 heavy (non-hydrogen) atoms. The molecule has 1 fully saturated rings. The molecule has 0 spiro atoms. The fraction of sp³-hybridized carbons (Fsp3) is 0.419. The van der Waals surface area contributed by atoms with Gasteiger partial charge in [-0.1, -0.05) is 18.2 Å². The van der Waals surface area contributed by atoms with Gasteiger partial charge in [0.1, 0.15) is 12.6 Å². The summed E-state index contributed by atoms with van der Waals surface area (Å²) < 4.78 is 37.7. The summed E-state index contributed by atoms with van der Waals surface area (Å²) >= 11 is 0. The SMILES string of the molecule is COCC(=O)Nc1cccc(C2CCN(CCCNC(=O)N3C(=O)NC(COC)=C(C(=O)O)C3c3ccc(F)c(F)c3)CC2)c1. The Morgan fingerprint density at radius 2 is 1.78 bits per heavy atom. The number of nitrogens with one attached hydrogen (secondary N) is 3. The molecule has 1 atom stereocenters. The predicted octanol–water partition coefficient (Wildman–Crippen LogP) is 3.58. The molecule has 4 N–H and O–H groups in total. The molecule has 4 rings (SSSR count). The number of urea groups is 2. The monoisotopic (exact) mass is 629 g/mol. The van der Waals surface area contributed by atoms with Gasteiger partial charge in [-0.3, -0.25) is 4.79 Å². The fourth-order valence-electron chi connectivity index (χ4n) is 5.65. The molecule has 2 heterocycles. The van der Waals surface area contributed by atoms with Crippen molar-refractivity contribution in [3.05, 3.63) is 76.5 Å². The summed E-state index contributed by atoms with van der Waals surface area (Å²) in [5, 5.41) is 17.8. The van der Waals surface area contributed by atoms with Crippen LogP contribution < -0.4 is 16.0 Å². The molecule has 2 aromatic rings. The van der Waals surface area contributed by atoms with Crippen LogP contribution in [0, 0.1) is 11.6 Å². The summed E-state index contributed by atoms with van der Waals surface area (Å²) in [5.74, 6) is -3.74. The van der Waals surface area contributed by atoms with Gasteiger partial charge in [-0.05, 0) is 80.2 Å². The number of carboxylic acids is 1. The number of nitrogens with zero attached hydrogens (tertiary/aromatic N) is 2. The van der Waals surface area contributed by atoms with E-state index in [1.165, 1.54) is 14.2 Å². The number of amides is 5. The highest BCUT2D eigenvalue weighted by molar-refractivity contribution is 6.01. The topological polar surface area (TPSA) is 150 Å². The van der Waals surface area contributed by atoms with Gasteiger partial charge < -0.3 is 35.4 Å². The van der Waals surface area contributed by atoms with Gasteiger partial charge in [-0.2, -0.15) is 0 Å². The van der Waals surface area contributed by atoms with Gasteiger partial charge in [0, 0.05) is 26.5 Å². The lowest BCUT2D eigenvalue weighted by Crippen LogP contribution is -2.55. The van der Waals surface area contributed by atoms with Crippen LogP contribution in [0.4, 0.5) is 24.1 Å². The highest BCUT2D eigenvalue weighted by atomic mass is 19.2. The number of rotatable bonds is 12. The van der Waals surface area contributed by atoms with Crippen molar-refractivity contribution >= 4 is 29.6 Å². The van der Waals surface area contributed by atoms with E-state index in [0.717, 1.165) is 55.4 Å². The van der Waals surface area contributed by atoms with E-state index >= 15 is 0 Å². The maximum absolute atomic E-state index is 14.2. The molecule has 14 heteroatoms. The third kappa shape index (κ3) is 8.41. The molecule has 5 amide bonds. The maximum Gasteiger partial charge on any atom is 0.335 e. The molecule has 2 aromatic carbocycles. The number of hydrogen-bond donors (Lipinski definition) is 4. The standard InChI is InChI=1S/C31H37F2N5O7/c1-44-17-25-27(29(40)41)28(21-7-8-23(32)24(33)16-21)38(31(43)36-25)30(42)34-11-4-12-37-13-9-19(10-14-37)20-5-3-6-22(15-20)35-26(39)18-45-2/h3,5-8,15-16,19,28H,4,9-14,17-18H2,1-2H3,(H,34,42)(H,35,39)(H,36,43)(H,40,41). The van der Waals surface area contributed by atoms with Crippen molar-refractivity contribution < 1.29 is 42.5 Å². The third-order valence-corrected chi connectivity index (χ3v) is 7.76. The number of hydrogen-bond acceptors (Lipinski definition) is 7. The highest BCUT2D eigenvalue weighted by Crippen LogP contribution is 2.35. The summed E-state index contributed by atoms with van der Waals surface area (Å²) in [6.45, 7) is 2.24. The minimum absolute atomic E-state index is 0.0150. The quantitative estimate of drug-likeness (QED) is 0.261. The van der Waals surface area contributed by atoms with Gasteiger partial charge in [0.2, 0.25) is 5.91 Å². The summed E-state index contributed by atoms with van der Waals surface area (Å²) in [7, 11) is 2.77. The van der Waals surface area contributed by atoms with Gasteiger partial charge in [-0.25, -0.2) is 28.1 Å². The molecule has 2 aliphatic rings. The summed E-state index contributed by atoms with van der Waals surface area (Å²) in [5.41, 5.74) is 1.29. The minimum Gasteiger partial charge on any atom is -0.478 e. The number of aliphatic carboxylic acids is 1. The first-order valence-corrected chi connectivity index (χ1v) is 14.5. The number of carbonyl (C=O) groups excluding carboxylic acids is 3. The number of carboxylic acid groups (broad SMARTS) is 1. The number of anilines is 1. The first-order valence-electron chi connectivity index (χ1n) is 14.5. The van der Waals surface area contributed by atoms with Gasteiger partial charge >= 0.3 is 18.0 Å². The number of benzene rings is 2. The third-order valence-electron chi connectivity index (χ3n) is 7.76. The molecule has 12 nitrogen and oxygen atoms in total. The Labute approximate surface area is 259 Å². The van der Waals surface area contributed by atoms with Crippen LogP contribution in [-0.4, -0.2) is 92.5 Å². The van der Waals surface area contributed by atoms with Crippen molar-refractivity contribution in [3.63, 3.8) is 0 Å². The van der Waals surface area contributed by atoms with Crippen LogP contribution in [0.25, 0.3) is 0 Å². The molecule has 242 valence electrons. The average Bonchev–Trinajstić information content (AvgIpc) is 3.01. The van der Waals surface area contributed by atoms with Crippen LogP contribution in [0.5, 0.6) is 0 Å². The van der Waals surface area contributed by atoms with Gasteiger partial charge in [0.05, 0.1) is 17.9 Å². The molecule has 1 unspecified atom stereocenters. The second-order valence-electron chi connectivity index (χ2n) is 10.8. The number of carbonyl (C=O) groups is 4. The molecule has 0 aromatic heterocycles. The molecule has 1 saturated heterocycles. The lowest BCUT2D eigenvalue weighted by atomic mass is 9.89. The lowest BCUT2D eigenvalue weighted by Gasteiger charge is -2.36. The molecule has 0 bridgehead atoms. The van der Waals surface area contributed by atoms with E-state index in [4.69, 9.17) is 9.47 Å². The predicted molar refractivity (Wildman–Crippen MR) is 159 cm³/mol. The summed E-state index contributed by atoms with van der Waals surface area (Å²) in [4.78, 5) is 53.3. The van der Waals surface area contributed by atoms with Crippen molar-refractivity contribution in [1.82, 2.24) is 20.4 Å². The number of ether oxygens (including phenoxy) is 2. The van der Waals surface area contributed by atoms with Crippen molar-refractivity contribution in [2.24, 2.45) is 0 Å². The Hall–Kier alpha value is -4.40. The Balaban J connectivity index is 1.34. The zero-order valence-corrected chi connectivity index (χ0v) is 25.1. The second kappa shape index (κ2) is 15.5. The van der Waals surface area contributed by atoms with Crippen molar-refractivity contribution in [1.29, 1.82) is 0 Å². The second-order valence-corrected chi connectivity index (χ2v) is 10.8. The molecule has 0 aliphatic carbocycles. The van der Waals surface area contributed by atoms with Crippen LogP contribution in [0.2, 0.25) is 0 Å². The van der Waals surface area contributed by atoms with E-state index in [9.17, 15) is 33.1 Å². The van der Waals surface area contributed by atoms with E-state index in [-0.39, 0.29) is 36.9 Å². The molecule has 0 saturated carbocycles. The largest absolute Gasteiger partial charge is 0.478 e. The van der Waals surface area contributed by atoms with Crippen LogP contribution in [0.15, 0.2) is 53.7 Å². The first-order chi connectivity index (χ1) is 21.6. The van der Waals surface area contributed by atoms with Crippen LogP contribution in [0.3, 0.4) is 0 Å². The van der Waals surface area contributed by atoms with E-state index in [0.29, 0.717) is 23.8 Å². The van der Waals surface area contributed by atoms with Crippen molar-refractivity contribution in [2.45, 2.75) is 31.2 Å². The van der Waals surface area contributed by atoms with Gasteiger partial charge in [0.25, 0.3) is 0 Å². The first kappa shape index (κ1) is 33.5. The Morgan fingerprint density at radius 3 is 2.44 bits per heavy atom. The zero-order valence-electron chi connectivity index (χ0n) is 25.1. The van der Waals surface area contributed by atoms with E-state index in [2.05, 4.69) is 26.9 Å². The van der Waals surface area contributed by atoms with E-state index in [1.807, 2.05) is 18.2 Å². The lowest BCUT2D eigenvalue weighted by molar-refractivity contribution is -0.133. The molecule has 2 aliphatic heterocycles. The summed E-state index contributed by atoms with van der Waals surface area (Å²) in [6, 6.07) is 7.16. The van der Waals surface area contributed by atoms with Gasteiger partial charge in [0.15, 0.2) is 11.6 Å². The van der Waals surface area contributed by atoms with Crippen LogP contribution in [0.1, 0.15) is 42.3 Å². The maximum atomic E-state index is 14.2. The molecular formula is C31H37F2N5O7. The van der Waals surface area contributed by atoms with Crippen molar-refractivity contribution in [3.8, 4) is 0 Å². The number of methoxy groups -OCH3 is 2. The highest BCUT2D eigenvalue weighted by Gasteiger charge is 2.42. The summed E-state index contributed by atoms with van der Waals surface area (Å²) in [6.07, 6.45) is 2.39. The average molecular weight is 630 g/mol. The van der Waals surface area contributed by atoms with Gasteiger partial charge in [-0.15, -0.1) is 0 Å². The van der Waals surface area contributed by atoms with E-state index < -0.39 is 41.3 Å². The molecular weight excluding hydrogens is 592 g/mol. The Kier molecular flexibility index (Phi) is 11.6. The Bertz CT molecular complexity index is 1450. The minimum atomic E-state index is -1.53. The number of imide groups is 1. The Morgan fingerprint density at radius 1 is 1.02 bits per heavy atom. The van der Waals surface area contributed by atoms with Crippen LogP contribution in [-0.2, 0) is 19.1 Å². The smallest absolute Gasteiger partial charge is 0.335 e. The normalized spacial score (nSPS) is 17.6.